The van der Waals surface area contributed by atoms with Gasteiger partial charge >= 0.3 is 12.1 Å². The van der Waals surface area contributed by atoms with Crippen molar-refractivity contribution in [2.24, 2.45) is 15.5 Å². The summed E-state index contributed by atoms with van der Waals surface area (Å²) in [6.07, 6.45) is 4.62. The number of oxime groups is 3. The number of ether oxygens (including phenoxy) is 4. The lowest BCUT2D eigenvalue weighted by atomic mass is 10.1. The normalized spacial score (nSPS) is 20.0. The topological polar surface area (TPSA) is 363 Å². The number of carboxylic acid groups (broad SMARTS) is 1. The van der Waals surface area contributed by atoms with Crippen LogP contribution in [0, 0.1) is 13.8 Å². The molecule has 6 aliphatic rings. The van der Waals surface area contributed by atoms with Crippen LogP contribution in [0.25, 0.3) is 0 Å². The maximum atomic E-state index is 13.2. The number of benzene rings is 3. The van der Waals surface area contributed by atoms with Gasteiger partial charge in [0.15, 0.2) is 76.6 Å². The van der Waals surface area contributed by atoms with Gasteiger partial charge in [-0.05, 0) is 110 Å². The fraction of sp³-hybridized carbons (Fsp3) is 0.466. The number of hydrogen-bond acceptors (Lipinski definition) is 22. The Kier molecular flexibility index (Phi) is 20.3. The number of aliphatic carboxylic acids is 1. The van der Waals surface area contributed by atoms with Gasteiger partial charge in [0.05, 0.1) is 70.1 Å². The average molecular weight is 1280 g/mol. The van der Waals surface area contributed by atoms with E-state index in [9.17, 15) is 49.5 Å². The molecule has 4 N–H and O–H groups in total. The summed E-state index contributed by atoms with van der Waals surface area (Å²) in [5, 5.41) is 36.3. The second kappa shape index (κ2) is 27.6. The standard InChI is InChI=1S/C24H30N4O7S.C19H22N4O5S.C15H17NO6S/c1-15-13-20(26-28(15)23(30)34-24(2,3)4)25-22(29)21(27-35-17-11-12-33-14-17)16-5-7-18(8-6-16)36(31,32)19-9-10-19;1-12-10-17(22-21-12)20-19(24)18(23-28-14-8-9-27-11-14)13-2-4-15(5-3-13)29(25,26)16-6-7-16;17-15(18)14(16-22-11-7-8-21-9-11)10-1-3-12(4-2-10)23(19,20)13-5-6-13/h5-8,13,17,19H,9-12,14H2,1-4H3,(H,25,26,29);2-5,10,14,16H,6-9,11H2,1H3,(H2,20,21,22,24);1-4,11,13H,5-9H2,(H,17,18)/b27-21+;23-18+;16-14+/t17-;14-;11-/m111/s1. The van der Waals surface area contributed by atoms with Crippen molar-refractivity contribution in [2.45, 2.75) is 147 Å². The Morgan fingerprint density at radius 3 is 1.24 bits per heavy atom. The number of H-pyrrole nitrogens is 1. The van der Waals surface area contributed by atoms with Gasteiger partial charge in [-0.1, -0.05) is 51.9 Å². The predicted octanol–water partition coefficient (Wildman–Crippen LogP) is 6.08. The number of anilines is 2. The van der Waals surface area contributed by atoms with Crippen LogP contribution in [0.1, 0.15) is 107 Å². The van der Waals surface area contributed by atoms with E-state index in [-0.39, 0.29) is 71.7 Å². The van der Waals surface area contributed by atoms with Crippen molar-refractivity contribution >= 4 is 82.2 Å². The summed E-state index contributed by atoms with van der Waals surface area (Å²) in [6.45, 7) is 11.5. The van der Waals surface area contributed by atoms with Crippen LogP contribution in [0.2, 0.25) is 0 Å². The van der Waals surface area contributed by atoms with Gasteiger partial charge in [0.1, 0.15) is 5.60 Å². The monoisotopic (exact) mass is 1280 g/mol. The maximum absolute atomic E-state index is 13.2. The molecule has 2 amide bonds. The minimum Gasteiger partial charge on any atom is -0.476 e. The van der Waals surface area contributed by atoms with E-state index in [4.69, 9.17) is 33.5 Å². The first-order valence-corrected chi connectivity index (χ1v) is 33.2. The molecule has 3 aromatic carbocycles. The molecule has 3 saturated heterocycles. The van der Waals surface area contributed by atoms with Crippen molar-refractivity contribution < 1.29 is 83.0 Å². The van der Waals surface area contributed by atoms with Gasteiger partial charge in [-0.3, -0.25) is 14.7 Å². The Labute approximate surface area is 508 Å². The molecule has 3 aliphatic carbocycles. The summed E-state index contributed by atoms with van der Waals surface area (Å²) in [5.41, 5.74) is 1.37. The number of aromatic nitrogens is 4. The largest absolute Gasteiger partial charge is 0.476 e. The summed E-state index contributed by atoms with van der Waals surface area (Å²) in [4.78, 5) is 66.6. The predicted molar refractivity (Wildman–Crippen MR) is 317 cm³/mol. The first kappa shape index (κ1) is 64.6. The van der Waals surface area contributed by atoms with Crippen LogP contribution in [0.15, 0.2) is 115 Å². The summed E-state index contributed by atoms with van der Waals surface area (Å²) in [6, 6.07) is 21.0. The minimum absolute atomic E-state index is 0.0351. The number of carbonyl (C=O) groups excluding carboxylic acids is 3. The highest BCUT2D eigenvalue weighted by molar-refractivity contribution is 7.93. The minimum atomic E-state index is -3.37. The fourth-order valence-corrected chi connectivity index (χ4v) is 13.8. The van der Waals surface area contributed by atoms with E-state index in [1.54, 1.807) is 45.9 Å². The van der Waals surface area contributed by atoms with E-state index in [1.807, 2.05) is 6.92 Å². The molecule has 3 saturated carbocycles. The van der Waals surface area contributed by atoms with Crippen LogP contribution in [0.4, 0.5) is 16.4 Å². The molecule has 0 bridgehead atoms. The maximum Gasteiger partial charge on any atom is 0.435 e. The third-order valence-corrected chi connectivity index (χ3v) is 20.9. The van der Waals surface area contributed by atoms with E-state index in [2.05, 4.69) is 41.4 Å². The lowest BCUT2D eigenvalue weighted by Gasteiger charge is -2.19. The Morgan fingerprint density at radius 1 is 0.557 bits per heavy atom. The SMILES string of the molecule is Cc1cc(NC(=O)/C(=N/O[C@@H]2CCOC2)c2ccc(S(=O)(=O)C3CC3)cc2)n[nH]1.Cc1cc(NC(=O)/C(=N/O[C@@H]2CCOC2)c2ccc(S(=O)(=O)C3CC3)cc2)nn1C(=O)OC(C)(C)C.O=C(O)/C(=N/O[C@@H]1CCOC1)c1ccc(S(=O)(=O)C2CC2)cc1. The molecular weight excluding hydrogens is 1210 g/mol. The second-order valence-corrected chi connectivity index (χ2v) is 29.3. The Balaban J connectivity index is 0.000000161. The average Bonchev–Trinajstić information content (AvgIpc) is 3.67. The number of aromatic amines is 1. The molecule has 3 atom stereocenters. The van der Waals surface area contributed by atoms with Crippen molar-refractivity contribution in [3.8, 4) is 0 Å². The van der Waals surface area contributed by atoms with Crippen LogP contribution >= 0.6 is 0 Å². The van der Waals surface area contributed by atoms with Crippen molar-refractivity contribution in [1.29, 1.82) is 0 Å². The quantitative estimate of drug-likeness (QED) is 0.0506. The number of nitrogens with zero attached hydrogens (tertiary/aromatic N) is 6. The fourth-order valence-electron chi connectivity index (χ4n) is 8.81. The number of hydrogen-bond donors (Lipinski definition) is 4. The number of aryl methyl sites for hydroxylation is 2. The van der Waals surface area contributed by atoms with Gasteiger partial charge in [0.25, 0.3) is 11.8 Å². The molecule has 0 radical (unpaired) electrons. The molecule has 30 heteroatoms. The zero-order valence-corrected chi connectivity index (χ0v) is 51.4. The number of amides is 2. The van der Waals surface area contributed by atoms with Gasteiger partial charge in [0, 0.05) is 59.5 Å². The highest BCUT2D eigenvalue weighted by atomic mass is 32.2. The highest BCUT2D eigenvalue weighted by Gasteiger charge is 2.39. The van der Waals surface area contributed by atoms with Crippen molar-refractivity contribution in [3.05, 3.63) is 113 Å². The lowest BCUT2D eigenvalue weighted by Crippen LogP contribution is -2.29. The number of carbonyl (C=O) groups is 4. The number of nitrogens with one attached hydrogen (secondary N) is 3. The molecule has 3 aliphatic heterocycles. The van der Waals surface area contributed by atoms with Gasteiger partial charge < -0.3 is 49.2 Å². The summed E-state index contributed by atoms with van der Waals surface area (Å²) in [5.74, 6) is -1.90. The molecule has 472 valence electrons. The first-order chi connectivity index (χ1) is 41.8. The van der Waals surface area contributed by atoms with Crippen LogP contribution < -0.4 is 10.6 Å². The molecule has 5 heterocycles. The molecule has 2 aromatic heterocycles. The third-order valence-electron chi connectivity index (χ3n) is 14.1. The smallest absolute Gasteiger partial charge is 0.435 e. The molecular formula is C58H69N9O18S3. The van der Waals surface area contributed by atoms with Crippen LogP contribution in [0.5, 0.6) is 0 Å². The first-order valence-electron chi connectivity index (χ1n) is 28.5. The molecule has 88 heavy (non-hydrogen) atoms. The highest BCUT2D eigenvalue weighted by Crippen LogP contribution is 2.36. The second-order valence-electron chi connectivity index (χ2n) is 22.6. The molecule has 5 aromatic rings. The van der Waals surface area contributed by atoms with E-state index < -0.39 is 59.0 Å². The van der Waals surface area contributed by atoms with E-state index in [1.165, 1.54) is 66.7 Å². The van der Waals surface area contributed by atoms with Crippen LogP contribution in [-0.2, 0) is 77.4 Å². The molecule has 27 nitrogen and oxygen atoms in total. The number of sulfone groups is 3. The lowest BCUT2D eigenvalue weighted by molar-refractivity contribution is -0.129. The Morgan fingerprint density at radius 2 is 0.920 bits per heavy atom. The molecule has 0 spiro atoms. The van der Waals surface area contributed by atoms with Crippen molar-refractivity contribution in [1.82, 2.24) is 20.0 Å². The van der Waals surface area contributed by atoms with Crippen LogP contribution in [0.3, 0.4) is 0 Å². The summed E-state index contributed by atoms with van der Waals surface area (Å²) in [7, 11) is -9.96. The molecule has 11 rings (SSSR count). The van der Waals surface area contributed by atoms with Gasteiger partial charge in [-0.15, -0.1) is 5.10 Å². The zero-order chi connectivity index (χ0) is 63.0. The van der Waals surface area contributed by atoms with Gasteiger partial charge in [-0.25, -0.2) is 34.8 Å². The number of rotatable bonds is 20. The Bertz CT molecular complexity index is 3770. The molecule has 6 fully saturated rings. The van der Waals surface area contributed by atoms with Gasteiger partial charge in [-0.2, -0.15) is 9.78 Å². The van der Waals surface area contributed by atoms with Gasteiger partial charge in [0.2, 0.25) is 0 Å². The van der Waals surface area contributed by atoms with E-state index in [0.29, 0.717) is 126 Å². The number of carboxylic acids is 1. The zero-order valence-electron chi connectivity index (χ0n) is 48.9. The molecule has 0 unspecified atom stereocenters. The van der Waals surface area contributed by atoms with E-state index >= 15 is 0 Å². The Hall–Kier alpha value is -7.90. The van der Waals surface area contributed by atoms with Crippen molar-refractivity contribution in [2.75, 3.05) is 50.3 Å². The van der Waals surface area contributed by atoms with E-state index in [0.717, 1.165) is 10.4 Å². The summed E-state index contributed by atoms with van der Waals surface area (Å²) >= 11 is 0. The summed E-state index contributed by atoms with van der Waals surface area (Å²) < 4.78 is 96.2. The van der Waals surface area contributed by atoms with Crippen LogP contribution in [-0.4, -0.2) is 171 Å². The third kappa shape index (κ3) is 17.0. The van der Waals surface area contributed by atoms with Crippen molar-refractivity contribution in [3.63, 3.8) is 0 Å².